The first kappa shape index (κ1) is 11.0. The summed E-state index contributed by atoms with van der Waals surface area (Å²) in [5.74, 6) is 1.42. The zero-order chi connectivity index (χ0) is 11.5. The van der Waals surface area contributed by atoms with Gasteiger partial charge in [-0.2, -0.15) is 0 Å². The highest BCUT2D eigenvalue weighted by Gasteiger charge is 2.20. The molecule has 0 amide bonds. The van der Waals surface area contributed by atoms with Crippen molar-refractivity contribution in [1.29, 1.82) is 0 Å². The van der Waals surface area contributed by atoms with Crippen molar-refractivity contribution in [2.24, 2.45) is 0 Å². The molecule has 1 atom stereocenters. The number of hydrogen-bond donors (Lipinski definition) is 1. The standard InChI is InChI=1S/C13H19N3O/c1-2-4-10(3-1)12-5-7-14-13(16-12)15-11-6-8-17-9-11/h5,7,10-11H,1-4,6,8-9H2,(H,14,15,16). The van der Waals surface area contributed by atoms with E-state index in [2.05, 4.69) is 21.4 Å². The molecule has 2 aliphatic rings. The minimum Gasteiger partial charge on any atom is -0.379 e. The van der Waals surface area contributed by atoms with Gasteiger partial charge in [0.2, 0.25) is 5.95 Å². The van der Waals surface area contributed by atoms with Crippen LogP contribution in [0.4, 0.5) is 5.95 Å². The quantitative estimate of drug-likeness (QED) is 0.870. The highest BCUT2D eigenvalue weighted by molar-refractivity contribution is 5.28. The van der Waals surface area contributed by atoms with Gasteiger partial charge in [0.15, 0.2) is 0 Å². The Labute approximate surface area is 102 Å². The summed E-state index contributed by atoms with van der Waals surface area (Å²) >= 11 is 0. The molecule has 3 rings (SSSR count). The van der Waals surface area contributed by atoms with Gasteiger partial charge in [-0.25, -0.2) is 9.97 Å². The second-order valence-corrected chi connectivity index (χ2v) is 4.99. The number of rotatable bonds is 3. The molecule has 1 saturated heterocycles. The number of aromatic nitrogens is 2. The Morgan fingerprint density at radius 2 is 2.12 bits per heavy atom. The molecule has 17 heavy (non-hydrogen) atoms. The zero-order valence-electron chi connectivity index (χ0n) is 10.1. The van der Waals surface area contributed by atoms with E-state index >= 15 is 0 Å². The molecule has 0 radical (unpaired) electrons. The molecule has 1 N–H and O–H groups in total. The molecule has 2 heterocycles. The second-order valence-electron chi connectivity index (χ2n) is 4.99. The smallest absolute Gasteiger partial charge is 0.223 e. The maximum atomic E-state index is 5.34. The van der Waals surface area contributed by atoms with Crippen molar-refractivity contribution in [3.8, 4) is 0 Å². The summed E-state index contributed by atoms with van der Waals surface area (Å²) in [6.07, 6.45) is 8.17. The lowest BCUT2D eigenvalue weighted by molar-refractivity contribution is 0.195. The van der Waals surface area contributed by atoms with E-state index in [9.17, 15) is 0 Å². The van der Waals surface area contributed by atoms with Gasteiger partial charge in [0.1, 0.15) is 0 Å². The predicted molar refractivity (Wildman–Crippen MR) is 66.1 cm³/mol. The van der Waals surface area contributed by atoms with E-state index in [0.717, 1.165) is 25.6 Å². The van der Waals surface area contributed by atoms with Crippen LogP contribution in [0.1, 0.15) is 43.7 Å². The minimum absolute atomic E-state index is 0.383. The van der Waals surface area contributed by atoms with Crippen LogP contribution < -0.4 is 5.32 Å². The summed E-state index contributed by atoms with van der Waals surface area (Å²) in [4.78, 5) is 8.94. The molecule has 1 saturated carbocycles. The molecule has 1 aromatic rings. The van der Waals surface area contributed by atoms with Crippen LogP contribution in [0, 0.1) is 0 Å². The van der Waals surface area contributed by atoms with Crippen molar-refractivity contribution in [2.75, 3.05) is 18.5 Å². The number of hydrogen-bond acceptors (Lipinski definition) is 4. The largest absolute Gasteiger partial charge is 0.379 e. The normalized spacial score (nSPS) is 25.3. The lowest BCUT2D eigenvalue weighted by atomic mass is 10.0. The van der Waals surface area contributed by atoms with Crippen molar-refractivity contribution < 1.29 is 4.74 Å². The maximum Gasteiger partial charge on any atom is 0.223 e. The molecular formula is C13H19N3O. The van der Waals surface area contributed by atoms with Crippen molar-refractivity contribution in [3.05, 3.63) is 18.0 Å². The summed E-state index contributed by atoms with van der Waals surface area (Å²) in [6.45, 7) is 1.62. The summed E-state index contributed by atoms with van der Waals surface area (Å²) in [6, 6.07) is 2.44. The molecule has 0 spiro atoms. The van der Waals surface area contributed by atoms with Gasteiger partial charge in [-0.05, 0) is 25.3 Å². The third kappa shape index (κ3) is 2.57. The summed E-state index contributed by atoms with van der Waals surface area (Å²) in [5, 5.41) is 3.36. The van der Waals surface area contributed by atoms with E-state index in [1.165, 1.54) is 31.4 Å². The minimum atomic E-state index is 0.383. The number of nitrogens with one attached hydrogen (secondary N) is 1. The maximum absolute atomic E-state index is 5.34. The van der Waals surface area contributed by atoms with Gasteiger partial charge in [-0.3, -0.25) is 0 Å². The van der Waals surface area contributed by atoms with Crippen molar-refractivity contribution >= 4 is 5.95 Å². The zero-order valence-corrected chi connectivity index (χ0v) is 10.1. The molecule has 0 bridgehead atoms. The third-order valence-corrected chi connectivity index (χ3v) is 3.71. The topological polar surface area (TPSA) is 47.0 Å². The molecule has 1 unspecified atom stereocenters. The Morgan fingerprint density at radius 1 is 1.24 bits per heavy atom. The molecular weight excluding hydrogens is 214 g/mol. The van der Waals surface area contributed by atoms with Gasteiger partial charge in [0, 0.05) is 24.4 Å². The SMILES string of the molecule is c1cc(C2CCCC2)nc(NC2CCOC2)n1. The van der Waals surface area contributed by atoms with E-state index in [0.29, 0.717) is 12.0 Å². The first-order valence-corrected chi connectivity index (χ1v) is 6.59. The number of anilines is 1. The van der Waals surface area contributed by atoms with Gasteiger partial charge < -0.3 is 10.1 Å². The highest BCUT2D eigenvalue weighted by atomic mass is 16.5. The molecule has 92 valence electrons. The van der Waals surface area contributed by atoms with E-state index in [1.54, 1.807) is 0 Å². The first-order chi connectivity index (χ1) is 8.42. The van der Waals surface area contributed by atoms with Crippen LogP contribution in [0.2, 0.25) is 0 Å². The highest BCUT2D eigenvalue weighted by Crippen LogP contribution is 2.33. The lowest BCUT2D eigenvalue weighted by Crippen LogP contribution is -2.21. The summed E-state index contributed by atoms with van der Waals surface area (Å²) < 4.78 is 5.34. The van der Waals surface area contributed by atoms with Crippen LogP contribution in [-0.4, -0.2) is 29.2 Å². The molecule has 4 heteroatoms. The molecule has 1 aromatic heterocycles. The fourth-order valence-corrected chi connectivity index (χ4v) is 2.72. The second kappa shape index (κ2) is 5.00. The van der Waals surface area contributed by atoms with Crippen LogP contribution in [0.5, 0.6) is 0 Å². The van der Waals surface area contributed by atoms with Crippen LogP contribution in [0.3, 0.4) is 0 Å². The Hall–Kier alpha value is -1.16. The average Bonchev–Trinajstić information content (AvgIpc) is 3.01. The van der Waals surface area contributed by atoms with Gasteiger partial charge in [0.05, 0.1) is 12.6 Å². The van der Waals surface area contributed by atoms with Gasteiger partial charge >= 0.3 is 0 Å². The number of ether oxygens (including phenoxy) is 1. The lowest BCUT2D eigenvalue weighted by Gasteiger charge is -2.13. The van der Waals surface area contributed by atoms with Crippen molar-refractivity contribution in [2.45, 2.75) is 44.1 Å². The molecule has 4 nitrogen and oxygen atoms in total. The van der Waals surface area contributed by atoms with Crippen LogP contribution in [0.25, 0.3) is 0 Å². The summed E-state index contributed by atoms with van der Waals surface area (Å²) in [7, 11) is 0. The fourth-order valence-electron chi connectivity index (χ4n) is 2.72. The Morgan fingerprint density at radius 3 is 2.88 bits per heavy atom. The fraction of sp³-hybridized carbons (Fsp3) is 0.692. The molecule has 1 aliphatic carbocycles. The van der Waals surface area contributed by atoms with E-state index in [-0.39, 0.29) is 0 Å². The van der Waals surface area contributed by atoms with Gasteiger partial charge in [0.25, 0.3) is 0 Å². The van der Waals surface area contributed by atoms with E-state index in [1.807, 2.05) is 6.20 Å². The average molecular weight is 233 g/mol. The van der Waals surface area contributed by atoms with E-state index in [4.69, 9.17) is 4.74 Å². The number of nitrogens with zero attached hydrogens (tertiary/aromatic N) is 2. The predicted octanol–water partition coefficient (Wildman–Crippen LogP) is 2.33. The van der Waals surface area contributed by atoms with Gasteiger partial charge in [-0.1, -0.05) is 12.8 Å². The van der Waals surface area contributed by atoms with E-state index < -0.39 is 0 Å². The van der Waals surface area contributed by atoms with Crippen molar-refractivity contribution in [1.82, 2.24) is 9.97 Å². The van der Waals surface area contributed by atoms with Crippen molar-refractivity contribution in [3.63, 3.8) is 0 Å². The van der Waals surface area contributed by atoms with Crippen LogP contribution in [0.15, 0.2) is 12.3 Å². The molecule has 1 aliphatic heterocycles. The Bertz CT molecular complexity index is 371. The van der Waals surface area contributed by atoms with Crippen LogP contribution >= 0.6 is 0 Å². The van der Waals surface area contributed by atoms with Gasteiger partial charge in [-0.15, -0.1) is 0 Å². The Kier molecular flexibility index (Phi) is 3.22. The monoisotopic (exact) mass is 233 g/mol. The third-order valence-electron chi connectivity index (χ3n) is 3.71. The van der Waals surface area contributed by atoms with Crippen LogP contribution in [-0.2, 0) is 4.74 Å². The molecule has 2 fully saturated rings. The summed E-state index contributed by atoms with van der Waals surface area (Å²) in [5.41, 5.74) is 1.21. The first-order valence-electron chi connectivity index (χ1n) is 6.59. The Balaban J connectivity index is 1.69. The molecule has 0 aromatic carbocycles.